The number of rotatable bonds is 2. The zero-order valence-electron chi connectivity index (χ0n) is 16.3. The second-order valence-electron chi connectivity index (χ2n) is 7.90. The first kappa shape index (κ1) is 20.6. The third-order valence-electron chi connectivity index (χ3n) is 6.34. The Bertz CT molecular complexity index is 1150. The summed E-state index contributed by atoms with van der Waals surface area (Å²) in [5.74, 6) is -8.05. The highest BCUT2D eigenvalue weighted by Gasteiger charge is 2.59. The second kappa shape index (κ2) is 6.67. The van der Waals surface area contributed by atoms with Crippen molar-refractivity contribution >= 4 is 23.4 Å². The van der Waals surface area contributed by atoms with Gasteiger partial charge in [0.2, 0.25) is 5.78 Å². The molecule has 4 rings (SSSR count). The van der Waals surface area contributed by atoms with Crippen LogP contribution in [-0.4, -0.2) is 56.6 Å². The van der Waals surface area contributed by atoms with Crippen LogP contribution in [0.1, 0.15) is 39.1 Å². The molecule has 3 aliphatic carbocycles. The fraction of sp³-hybridized carbons (Fsp3) is 0.333. The Morgan fingerprint density at radius 1 is 1.16 bits per heavy atom. The number of carbonyl (C=O) groups excluding carboxylic acids is 4. The lowest BCUT2D eigenvalue weighted by molar-refractivity contribution is -0.144. The molecule has 0 fully saturated rings. The Morgan fingerprint density at radius 2 is 1.84 bits per heavy atom. The molecule has 1 aromatic carbocycles. The lowest BCUT2D eigenvalue weighted by Gasteiger charge is -2.45. The normalized spacial score (nSPS) is 27.4. The van der Waals surface area contributed by atoms with Crippen LogP contribution in [0.3, 0.4) is 0 Å². The number of phenolic OH excluding ortho intramolecular Hbond substituents is 1. The first-order chi connectivity index (χ1) is 14.5. The van der Waals surface area contributed by atoms with Crippen LogP contribution in [0.5, 0.6) is 5.75 Å². The molecule has 1 amide bonds. The molecule has 0 saturated heterocycles. The number of ether oxygens (including phenoxy) is 1. The van der Waals surface area contributed by atoms with E-state index in [9.17, 15) is 39.6 Å². The van der Waals surface area contributed by atoms with E-state index >= 15 is 0 Å². The predicted octanol–water partition coefficient (Wildman–Crippen LogP) is 0.367. The third-order valence-corrected chi connectivity index (χ3v) is 6.34. The number of primary amides is 1. The average Bonchev–Trinajstić information content (AvgIpc) is 2.70. The van der Waals surface area contributed by atoms with E-state index in [1.807, 2.05) is 0 Å². The molecule has 10 heteroatoms. The minimum atomic E-state index is -2.62. The van der Waals surface area contributed by atoms with E-state index in [0.717, 1.165) is 7.11 Å². The number of hydrogen-bond donors (Lipinski definition) is 5. The Hall–Kier alpha value is -3.66. The second-order valence-corrected chi connectivity index (χ2v) is 7.90. The van der Waals surface area contributed by atoms with Gasteiger partial charge in [-0.15, -0.1) is 0 Å². The van der Waals surface area contributed by atoms with Gasteiger partial charge in [0.1, 0.15) is 28.4 Å². The summed E-state index contributed by atoms with van der Waals surface area (Å²) in [6.07, 6.45) is -0.0756. The lowest BCUT2D eigenvalue weighted by Crippen LogP contribution is -2.57. The number of Topliss-reactive ketones (excluding diaryl/α,β-unsaturated/α-hetero) is 2. The van der Waals surface area contributed by atoms with Crippen LogP contribution in [0.15, 0.2) is 34.8 Å². The van der Waals surface area contributed by atoms with Crippen molar-refractivity contribution in [2.24, 2.45) is 17.6 Å². The van der Waals surface area contributed by atoms with Crippen molar-refractivity contribution in [3.05, 3.63) is 51.5 Å². The number of ketones is 2. The fourth-order valence-corrected chi connectivity index (χ4v) is 4.87. The number of benzene rings is 1. The molecule has 1 aromatic rings. The van der Waals surface area contributed by atoms with Gasteiger partial charge in [0, 0.05) is 17.9 Å². The van der Waals surface area contributed by atoms with Gasteiger partial charge in [-0.1, -0.05) is 6.07 Å². The zero-order chi connectivity index (χ0) is 22.8. The molecule has 3 atom stereocenters. The largest absolute Gasteiger partial charge is 0.511 e. The minimum Gasteiger partial charge on any atom is -0.511 e. The SMILES string of the molecule is COC(=O)c1ccc2c(c1O)C(=O)C1=C(O)C3(O)C(=O)C(C(N)=O)=C(O)CC3CC1C2. The minimum absolute atomic E-state index is 0.0441. The molecular formula is C21H19NO9. The fourth-order valence-electron chi connectivity index (χ4n) is 4.87. The standard InChI is InChI=1S/C21H19NO9/c1-31-20(29)10-3-2-7-4-8-5-9-6-11(23)14(19(22)28)18(27)21(9,30)17(26)13(8)16(25)12(7)15(10)24/h2-3,8-9,23-24,26,30H,4-6H2,1H3,(H2,22,28). The topological polar surface area (TPSA) is 184 Å². The quantitative estimate of drug-likeness (QED) is 0.327. The van der Waals surface area contributed by atoms with Crippen LogP contribution in [0, 0.1) is 11.8 Å². The van der Waals surface area contributed by atoms with Crippen LogP contribution >= 0.6 is 0 Å². The van der Waals surface area contributed by atoms with Crippen molar-refractivity contribution in [1.29, 1.82) is 0 Å². The van der Waals surface area contributed by atoms with Gasteiger partial charge in [0.25, 0.3) is 5.91 Å². The maximum atomic E-state index is 13.2. The number of methoxy groups -OCH3 is 1. The van der Waals surface area contributed by atoms with E-state index in [1.165, 1.54) is 12.1 Å². The molecule has 3 unspecified atom stereocenters. The molecule has 0 saturated carbocycles. The summed E-state index contributed by atoms with van der Waals surface area (Å²) in [5, 5.41) is 42.6. The molecule has 3 aliphatic rings. The number of aromatic hydroxyl groups is 1. The van der Waals surface area contributed by atoms with Crippen molar-refractivity contribution in [3.63, 3.8) is 0 Å². The lowest BCUT2D eigenvalue weighted by atomic mass is 9.60. The molecule has 0 spiro atoms. The summed E-state index contributed by atoms with van der Waals surface area (Å²) < 4.78 is 4.59. The van der Waals surface area contributed by atoms with E-state index in [4.69, 9.17) is 5.73 Å². The van der Waals surface area contributed by atoms with Crippen LogP contribution in [0.25, 0.3) is 0 Å². The number of fused-ring (bicyclic) bond motifs is 3. The number of aliphatic hydroxyl groups is 3. The molecule has 10 nitrogen and oxygen atoms in total. The van der Waals surface area contributed by atoms with Crippen molar-refractivity contribution < 1.29 is 44.3 Å². The summed E-state index contributed by atoms with van der Waals surface area (Å²) in [4.78, 5) is 49.6. The monoisotopic (exact) mass is 429 g/mol. The number of phenols is 1. The molecular weight excluding hydrogens is 410 g/mol. The molecule has 0 heterocycles. The van der Waals surface area contributed by atoms with E-state index in [2.05, 4.69) is 4.74 Å². The van der Waals surface area contributed by atoms with Gasteiger partial charge in [-0.25, -0.2) is 4.79 Å². The van der Waals surface area contributed by atoms with Gasteiger partial charge in [0.05, 0.1) is 12.7 Å². The summed E-state index contributed by atoms with van der Waals surface area (Å²) >= 11 is 0. The van der Waals surface area contributed by atoms with E-state index in [1.54, 1.807) is 0 Å². The van der Waals surface area contributed by atoms with Gasteiger partial charge in [-0.2, -0.15) is 0 Å². The average molecular weight is 429 g/mol. The van der Waals surface area contributed by atoms with E-state index < -0.39 is 63.7 Å². The van der Waals surface area contributed by atoms with Gasteiger partial charge in [-0.05, 0) is 30.4 Å². The van der Waals surface area contributed by atoms with Crippen molar-refractivity contribution in [1.82, 2.24) is 0 Å². The number of aliphatic hydroxyl groups excluding tert-OH is 2. The summed E-state index contributed by atoms with van der Waals surface area (Å²) in [7, 11) is 1.11. The summed E-state index contributed by atoms with van der Waals surface area (Å²) in [6.45, 7) is 0. The van der Waals surface area contributed by atoms with Crippen molar-refractivity contribution in [2.45, 2.75) is 24.9 Å². The summed E-state index contributed by atoms with van der Waals surface area (Å²) in [6, 6.07) is 2.81. The number of hydrogen-bond acceptors (Lipinski definition) is 9. The zero-order valence-corrected chi connectivity index (χ0v) is 16.3. The number of carbonyl (C=O) groups is 4. The molecule has 31 heavy (non-hydrogen) atoms. The molecule has 0 radical (unpaired) electrons. The predicted molar refractivity (Wildman–Crippen MR) is 102 cm³/mol. The van der Waals surface area contributed by atoms with Crippen LogP contribution in [-0.2, 0) is 20.7 Å². The van der Waals surface area contributed by atoms with E-state index in [-0.39, 0.29) is 36.0 Å². The van der Waals surface area contributed by atoms with Crippen molar-refractivity contribution in [2.75, 3.05) is 7.11 Å². The first-order valence-corrected chi connectivity index (χ1v) is 9.44. The molecule has 6 N–H and O–H groups in total. The van der Waals surface area contributed by atoms with Gasteiger partial charge < -0.3 is 30.9 Å². The maximum Gasteiger partial charge on any atom is 0.341 e. The number of nitrogens with two attached hydrogens (primary N) is 1. The van der Waals surface area contributed by atoms with E-state index in [0.29, 0.717) is 5.56 Å². The van der Waals surface area contributed by atoms with Crippen molar-refractivity contribution in [3.8, 4) is 5.75 Å². The van der Waals surface area contributed by atoms with Crippen LogP contribution in [0.2, 0.25) is 0 Å². The van der Waals surface area contributed by atoms with Gasteiger partial charge >= 0.3 is 5.97 Å². The number of amides is 1. The third kappa shape index (κ3) is 2.61. The highest BCUT2D eigenvalue weighted by Crippen LogP contribution is 2.51. The highest BCUT2D eigenvalue weighted by atomic mass is 16.5. The smallest absolute Gasteiger partial charge is 0.341 e. The number of esters is 1. The molecule has 0 aromatic heterocycles. The van der Waals surface area contributed by atoms with Crippen LogP contribution < -0.4 is 5.73 Å². The van der Waals surface area contributed by atoms with Gasteiger partial charge in [-0.3, -0.25) is 14.4 Å². The summed E-state index contributed by atoms with van der Waals surface area (Å²) in [5.41, 5.74) is 1.34. The first-order valence-electron chi connectivity index (χ1n) is 9.44. The Kier molecular flexibility index (Phi) is 4.44. The Balaban J connectivity index is 1.89. The van der Waals surface area contributed by atoms with Crippen LogP contribution in [0.4, 0.5) is 0 Å². The van der Waals surface area contributed by atoms with Gasteiger partial charge in [0.15, 0.2) is 11.4 Å². The molecule has 0 aliphatic heterocycles. The number of allylic oxidation sites excluding steroid dienone is 2. The Labute approximate surface area is 175 Å². The highest BCUT2D eigenvalue weighted by molar-refractivity contribution is 6.24. The Morgan fingerprint density at radius 3 is 2.45 bits per heavy atom. The molecule has 162 valence electrons. The maximum absolute atomic E-state index is 13.2. The molecule has 0 bridgehead atoms.